The number of aliphatic carboxylic acids is 1. The summed E-state index contributed by atoms with van der Waals surface area (Å²) in [5.41, 5.74) is 2.31. The molecule has 1 fully saturated rings. The molecule has 0 aliphatic carbocycles. The van der Waals surface area contributed by atoms with Gasteiger partial charge in [-0.05, 0) is 49.7 Å². The molecule has 2 amide bonds. The number of anilines is 1. The number of fused-ring (bicyclic) bond motifs is 1. The second-order valence-corrected chi connectivity index (χ2v) is 7.56. The molecular formula is C20H28N4O4. The van der Waals surface area contributed by atoms with Crippen molar-refractivity contribution in [3.8, 4) is 0 Å². The largest absolute Gasteiger partial charge is 0.481 e. The SMILES string of the molecule is O=C(O)CCNC(=O)CC(=O)N1CCCC(Cc2ccc3c(n2)NCCC3)C1. The van der Waals surface area contributed by atoms with Gasteiger partial charge in [0.15, 0.2) is 0 Å². The van der Waals surface area contributed by atoms with Crippen molar-refractivity contribution >= 4 is 23.6 Å². The van der Waals surface area contributed by atoms with E-state index in [4.69, 9.17) is 10.1 Å². The minimum absolute atomic E-state index is 0.0438. The lowest BCUT2D eigenvalue weighted by atomic mass is 9.92. The minimum atomic E-state index is -0.975. The van der Waals surface area contributed by atoms with Crippen LogP contribution in [0.4, 0.5) is 5.82 Å². The molecule has 0 spiro atoms. The lowest BCUT2D eigenvalue weighted by molar-refractivity contribution is -0.137. The normalized spacial score (nSPS) is 18.7. The zero-order chi connectivity index (χ0) is 19.9. The van der Waals surface area contributed by atoms with Crippen LogP contribution in [0, 0.1) is 5.92 Å². The predicted octanol–water partition coefficient (Wildman–Crippen LogP) is 1.20. The number of carboxylic acid groups (broad SMARTS) is 1. The van der Waals surface area contributed by atoms with Crippen molar-refractivity contribution < 1.29 is 19.5 Å². The number of carbonyl (C=O) groups is 3. The molecule has 2 aliphatic heterocycles. The lowest BCUT2D eigenvalue weighted by Gasteiger charge is -2.33. The van der Waals surface area contributed by atoms with Gasteiger partial charge in [0.25, 0.3) is 0 Å². The van der Waals surface area contributed by atoms with E-state index in [1.807, 2.05) is 0 Å². The summed E-state index contributed by atoms with van der Waals surface area (Å²) >= 11 is 0. The monoisotopic (exact) mass is 388 g/mol. The molecule has 3 N–H and O–H groups in total. The molecule has 0 saturated carbocycles. The fourth-order valence-corrected chi connectivity index (χ4v) is 3.86. The quantitative estimate of drug-likeness (QED) is 0.605. The number of amides is 2. The van der Waals surface area contributed by atoms with Crippen LogP contribution in [0.3, 0.4) is 0 Å². The van der Waals surface area contributed by atoms with Crippen LogP contribution >= 0.6 is 0 Å². The zero-order valence-corrected chi connectivity index (χ0v) is 16.1. The molecule has 0 radical (unpaired) electrons. The molecule has 2 aliphatic rings. The molecule has 1 atom stereocenters. The number of nitrogens with one attached hydrogen (secondary N) is 2. The number of pyridine rings is 1. The van der Waals surface area contributed by atoms with E-state index in [9.17, 15) is 14.4 Å². The maximum atomic E-state index is 12.4. The van der Waals surface area contributed by atoms with Crippen molar-refractivity contribution in [2.45, 2.75) is 44.9 Å². The van der Waals surface area contributed by atoms with Gasteiger partial charge >= 0.3 is 5.97 Å². The summed E-state index contributed by atoms with van der Waals surface area (Å²) < 4.78 is 0. The molecule has 28 heavy (non-hydrogen) atoms. The molecule has 0 bridgehead atoms. The number of piperidine rings is 1. The van der Waals surface area contributed by atoms with Crippen molar-refractivity contribution in [3.63, 3.8) is 0 Å². The Kier molecular flexibility index (Phi) is 6.84. The highest BCUT2D eigenvalue weighted by atomic mass is 16.4. The van der Waals surface area contributed by atoms with E-state index < -0.39 is 11.9 Å². The van der Waals surface area contributed by atoms with Crippen molar-refractivity contribution in [2.24, 2.45) is 5.92 Å². The second-order valence-electron chi connectivity index (χ2n) is 7.56. The molecule has 3 rings (SSSR count). The minimum Gasteiger partial charge on any atom is -0.481 e. The number of hydrogen-bond acceptors (Lipinski definition) is 5. The molecule has 152 valence electrons. The highest BCUT2D eigenvalue weighted by Gasteiger charge is 2.25. The van der Waals surface area contributed by atoms with Crippen LogP contribution in [-0.4, -0.2) is 59.0 Å². The van der Waals surface area contributed by atoms with Crippen molar-refractivity contribution in [2.75, 3.05) is 31.5 Å². The van der Waals surface area contributed by atoms with Crippen LogP contribution in [0.2, 0.25) is 0 Å². The first kappa shape index (κ1) is 20.1. The van der Waals surface area contributed by atoms with E-state index in [1.54, 1.807) is 4.90 Å². The van der Waals surface area contributed by atoms with Crippen molar-refractivity contribution in [1.29, 1.82) is 0 Å². The molecular weight excluding hydrogens is 360 g/mol. The molecule has 8 nitrogen and oxygen atoms in total. The Morgan fingerprint density at radius 2 is 2.14 bits per heavy atom. The number of nitrogens with zero attached hydrogens (tertiary/aromatic N) is 2. The average molecular weight is 388 g/mol. The smallest absolute Gasteiger partial charge is 0.305 e. The van der Waals surface area contributed by atoms with Crippen LogP contribution in [0.25, 0.3) is 0 Å². The predicted molar refractivity (Wildman–Crippen MR) is 104 cm³/mol. The van der Waals surface area contributed by atoms with E-state index in [1.165, 1.54) is 5.56 Å². The molecule has 1 aromatic heterocycles. The summed E-state index contributed by atoms with van der Waals surface area (Å²) in [6.45, 7) is 2.30. The number of carbonyl (C=O) groups excluding carboxylic acids is 2. The van der Waals surface area contributed by atoms with Crippen LogP contribution < -0.4 is 10.6 Å². The summed E-state index contributed by atoms with van der Waals surface area (Å²) in [5.74, 6) is -0.266. The third-order valence-corrected chi connectivity index (χ3v) is 5.29. The Balaban J connectivity index is 1.49. The first-order valence-electron chi connectivity index (χ1n) is 10.00. The third kappa shape index (κ3) is 5.68. The highest BCUT2D eigenvalue weighted by Crippen LogP contribution is 2.24. The van der Waals surface area contributed by atoms with Crippen molar-refractivity contribution in [3.05, 3.63) is 23.4 Å². The maximum absolute atomic E-state index is 12.4. The fraction of sp³-hybridized carbons (Fsp3) is 0.600. The number of hydrogen-bond donors (Lipinski definition) is 3. The Morgan fingerprint density at radius 3 is 2.96 bits per heavy atom. The Bertz CT molecular complexity index is 737. The average Bonchev–Trinajstić information content (AvgIpc) is 2.68. The van der Waals surface area contributed by atoms with Crippen LogP contribution in [0.5, 0.6) is 0 Å². The molecule has 1 saturated heterocycles. The zero-order valence-electron chi connectivity index (χ0n) is 16.1. The van der Waals surface area contributed by atoms with E-state index >= 15 is 0 Å². The van der Waals surface area contributed by atoms with Crippen LogP contribution in [0.1, 0.15) is 43.4 Å². The first-order valence-corrected chi connectivity index (χ1v) is 10.00. The summed E-state index contributed by atoms with van der Waals surface area (Å²) in [6.07, 6.45) is 4.61. The van der Waals surface area contributed by atoms with E-state index in [-0.39, 0.29) is 25.3 Å². The van der Waals surface area contributed by atoms with Gasteiger partial charge in [-0.1, -0.05) is 6.07 Å². The van der Waals surface area contributed by atoms with Crippen molar-refractivity contribution in [1.82, 2.24) is 15.2 Å². The first-order chi connectivity index (χ1) is 13.5. The van der Waals surface area contributed by atoms with E-state index in [0.29, 0.717) is 19.0 Å². The van der Waals surface area contributed by atoms with Gasteiger partial charge < -0.3 is 20.6 Å². The number of aromatic nitrogens is 1. The Hall–Kier alpha value is -2.64. The van der Waals surface area contributed by atoms with Gasteiger partial charge in [-0.2, -0.15) is 0 Å². The number of aryl methyl sites for hydroxylation is 1. The fourth-order valence-electron chi connectivity index (χ4n) is 3.86. The molecule has 1 unspecified atom stereocenters. The summed E-state index contributed by atoms with van der Waals surface area (Å²) in [6, 6.07) is 4.24. The standard InChI is InChI=1S/C20H28N4O4/c25-17(21-9-7-19(27)28)12-18(26)24-10-2-3-14(13-24)11-16-6-5-15-4-1-8-22-20(15)23-16/h5-6,14H,1-4,7-13H2,(H,21,25)(H,22,23)(H,27,28). The molecule has 3 heterocycles. The van der Waals surface area contributed by atoms with E-state index in [0.717, 1.165) is 50.2 Å². The van der Waals surface area contributed by atoms with Gasteiger partial charge in [-0.15, -0.1) is 0 Å². The maximum Gasteiger partial charge on any atom is 0.305 e. The number of likely N-dealkylation sites (tertiary alicyclic amines) is 1. The molecule has 1 aromatic rings. The molecule has 0 aromatic carbocycles. The van der Waals surface area contributed by atoms with Gasteiger partial charge in [-0.25, -0.2) is 4.98 Å². The Morgan fingerprint density at radius 1 is 1.29 bits per heavy atom. The highest BCUT2D eigenvalue weighted by molar-refractivity contribution is 5.97. The van der Waals surface area contributed by atoms with Crippen LogP contribution in [0.15, 0.2) is 12.1 Å². The van der Waals surface area contributed by atoms with Gasteiger partial charge in [0.1, 0.15) is 12.2 Å². The van der Waals surface area contributed by atoms with Crippen LogP contribution in [-0.2, 0) is 27.2 Å². The summed E-state index contributed by atoms with van der Waals surface area (Å²) in [5, 5.41) is 14.4. The molecule has 8 heteroatoms. The van der Waals surface area contributed by atoms with Gasteiger partial charge in [0.05, 0.1) is 6.42 Å². The summed E-state index contributed by atoms with van der Waals surface area (Å²) in [4.78, 5) is 41.2. The second kappa shape index (κ2) is 9.52. The lowest BCUT2D eigenvalue weighted by Crippen LogP contribution is -2.42. The van der Waals surface area contributed by atoms with Gasteiger partial charge in [-0.3, -0.25) is 14.4 Å². The number of carboxylic acids is 1. The topological polar surface area (TPSA) is 112 Å². The number of rotatable bonds is 7. The van der Waals surface area contributed by atoms with Gasteiger partial charge in [0, 0.05) is 31.9 Å². The van der Waals surface area contributed by atoms with E-state index in [2.05, 4.69) is 22.8 Å². The summed E-state index contributed by atoms with van der Waals surface area (Å²) in [7, 11) is 0. The van der Waals surface area contributed by atoms with Gasteiger partial charge in [0.2, 0.25) is 11.8 Å². The third-order valence-electron chi connectivity index (χ3n) is 5.29. The Labute approximate surface area is 164 Å².